The minimum absolute atomic E-state index is 0.133. The highest BCUT2D eigenvalue weighted by molar-refractivity contribution is 5.83. The molecule has 2 aliphatic heterocycles. The first kappa shape index (κ1) is 12.4. The number of hydrogen-bond donors (Lipinski definition) is 1. The fourth-order valence-corrected chi connectivity index (χ4v) is 3.63. The van der Waals surface area contributed by atoms with E-state index in [9.17, 15) is 4.79 Å². The lowest BCUT2D eigenvalue weighted by atomic mass is 9.91. The SMILES string of the molecule is CC1(C)COCCN1C(=O)C1CC12CCNCC2. The van der Waals surface area contributed by atoms with Crippen molar-refractivity contribution >= 4 is 5.91 Å². The minimum Gasteiger partial charge on any atom is -0.377 e. The zero-order valence-corrected chi connectivity index (χ0v) is 11.5. The molecular formula is C14H24N2O2. The first-order valence-corrected chi connectivity index (χ1v) is 7.15. The molecule has 3 rings (SSSR count). The molecule has 102 valence electrons. The van der Waals surface area contributed by atoms with Crippen molar-refractivity contribution in [2.24, 2.45) is 11.3 Å². The summed E-state index contributed by atoms with van der Waals surface area (Å²) in [5.74, 6) is 0.669. The molecule has 2 saturated heterocycles. The summed E-state index contributed by atoms with van der Waals surface area (Å²) in [4.78, 5) is 14.8. The highest BCUT2D eigenvalue weighted by atomic mass is 16.5. The lowest BCUT2D eigenvalue weighted by molar-refractivity contribution is -0.148. The van der Waals surface area contributed by atoms with Gasteiger partial charge >= 0.3 is 0 Å². The number of rotatable bonds is 1. The second kappa shape index (κ2) is 4.20. The molecule has 0 aromatic rings. The lowest BCUT2D eigenvalue weighted by Crippen LogP contribution is -2.56. The average molecular weight is 252 g/mol. The molecule has 0 bridgehead atoms. The van der Waals surface area contributed by atoms with E-state index in [0.29, 0.717) is 24.5 Å². The highest BCUT2D eigenvalue weighted by Gasteiger charge is 2.59. The molecule has 1 atom stereocenters. The Morgan fingerprint density at radius 3 is 2.72 bits per heavy atom. The second-order valence-corrected chi connectivity index (χ2v) is 6.72. The predicted molar refractivity (Wildman–Crippen MR) is 69.3 cm³/mol. The van der Waals surface area contributed by atoms with Crippen molar-refractivity contribution in [3.05, 3.63) is 0 Å². The molecule has 3 aliphatic rings. The number of carbonyl (C=O) groups excluding carboxylic acids is 1. The van der Waals surface area contributed by atoms with Crippen LogP contribution in [0.25, 0.3) is 0 Å². The van der Waals surface area contributed by atoms with Gasteiger partial charge in [0.05, 0.1) is 18.8 Å². The summed E-state index contributed by atoms with van der Waals surface area (Å²) in [6.07, 6.45) is 3.46. The molecule has 0 aromatic heterocycles. The van der Waals surface area contributed by atoms with Crippen molar-refractivity contribution in [2.45, 2.75) is 38.6 Å². The van der Waals surface area contributed by atoms with Crippen LogP contribution in [0.4, 0.5) is 0 Å². The Hall–Kier alpha value is -0.610. The van der Waals surface area contributed by atoms with E-state index in [1.807, 2.05) is 0 Å². The first-order valence-electron chi connectivity index (χ1n) is 7.15. The normalized spacial score (nSPS) is 33.4. The molecule has 0 aromatic carbocycles. The summed E-state index contributed by atoms with van der Waals surface area (Å²) in [5.41, 5.74) is 0.211. The van der Waals surface area contributed by atoms with Crippen LogP contribution in [0.15, 0.2) is 0 Å². The number of hydrogen-bond acceptors (Lipinski definition) is 3. The molecule has 1 aliphatic carbocycles. The largest absolute Gasteiger partial charge is 0.377 e. The topological polar surface area (TPSA) is 41.6 Å². The monoisotopic (exact) mass is 252 g/mol. The summed E-state index contributed by atoms with van der Waals surface area (Å²) in [6.45, 7) is 8.50. The fraction of sp³-hybridized carbons (Fsp3) is 0.929. The quantitative estimate of drug-likeness (QED) is 0.757. The number of piperidine rings is 1. The molecule has 1 unspecified atom stereocenters. The van der Waals surface area contributed by atoms with Gasteiger partial charge in [-0.1, -0.05) is 0 Å². The van der Waals surface area contributed by atoms with Crippen LogP contribution < -0.4 is 5.32 Å². The van der Waals surface area contributed by atoms with Crippen molar-refractivity contribution in [1.29, 1.82) is 0 Å². The van der Waals surface area contributed by atoms with Gasteiger partial charge in [0.25, 0.3) is 0 Å². The Bertz CT molecular complexity index is 348. The maximum absolute atomic E-state index is 12.7. The molecule has 4 heteroatoms. The van der Waals surface area contributed by atoms with Crippen LogP contribution in [-0.4, -0.2) is 49.2 Å². The van der Waals surface area contributed by atoms with Crippen molar-refractivity contribution in [3.63, 3.8) is 0 Å². The Kier molecular flexibility index (Phi) is 2.90. The van der Waals surface area contributed by atoms with Crippen LogP contribution in [0.3, 0.4) is 0 Å². The van der Waals surface area contributed by atoms with E-state index >= 15 is 0 Å². The van der Waals surface area contributed by atoms with E-state index in [-0.39, 0.29) is 11.5 Å². The van der Waals surface area contributed by atoms with Gasteiger partial charge < -0.3 is 15.0 Å². The van der Waals surface area contributed by atoms with Crippen molar-refractivity contribution in [2.75, 3.05) is 32.8 Å². The fourth-order valence-electron chi connectivity index (χ4n) is 3.63. The third-order valence-corrected chi connectivity index (χ3v) is 5.00. The molecular weight excluding hydrogens is 228 g/mol. The number of carbonyl (C=O) groups is 1. The standard InChI is InChI=1S/C14H24N2O2/c1-13(2)10-18-8-7-16(13)12(17)11-9-14(11)3-5-15-6-4-14/h11,15H,3-10H2,1-2H3. The predicted octanol–water partition coefficient (Wildman–Crippen LogP) is 1.01. The summed E-state index contributed by atoms with van der Waals surface area (Å²) < 4.78 is 5.50. The minimum atomic E-state index is -0.133. The zero-order chi connectivity index (χ0) is 12.8. The molecule has 1 spiro atoms. The van der Waals surface area contributed by atoms with Crippen LogP contribution in [-0.2, 0) is 9.53 Å². The Morgan fingerprint density at radius 1 is 1.33 bits per heavy atom. The summed E-state index contributed by atoms with van der Waals surface area (Å²) in [6, 6.07) is 0. The van der Waals surface area contributed by atoms with E-state index in [2.05, 4.69) is 24.1 Å². The lowest BCUT2D eigenvalue weighted by Gasteiger charge is -2.42. The molecule has 1 N–H and O–H groups in total. The number of nitrogens with one attached hydrogen (secondary N) is 1. The summed E-state index contributed by atoms with van der Waals surface area (Å²) in [7, 11) is 0. The van der Waals surface area contributed by atoms with Gasteiger partial charge in [0.15, 0.2) is 0 Å². The summed E-state index contributed by atoms with van der Waals surface area (Å²) in [5, 5.41) is 3.39. The van der Waals surface area contributed by atoms with Crippen LogP contribution in [0.5, 0.6) is 0 Å². The Labute approximate surface area is 109 Å². The summed E-state index contributed by atoms with van der Waals surface area (Å²) >= 11 is 0. The van der Waals surface area contributed by atoms with Crippen LogP contribution in [0.2, 0.25) is 0 Å². The Balaban J connectivity index is 1.68. The van der Waals surface area contributed by atoms with Crippen molar-refractivity contribution < 1.29 is 9.53 Å². The third-order valence-electron chi connectivity index (χ3n) is 5.00. The van der Waals surface area contributed by atoms with E-state index in [4.69, 9.17) is 4.74 Å². The number of nitrogens with zero attached hydrogens (tertiary/aromatic N) is 1. The molecule has 18 heavy (non-hydrogen) atoms. The molecule has 1 amide bonds. The van der Waals surface area contributed by atoms with Gasteiger partial charge in [0, 0.05) is 12.5 Å². The van der Waals surface area contributed by atoms with Crippen LogP contribution in [0, 0.1) is 11.3 Å². The van der Waals surface area contributed by atoms with Gasteiger partial charge in [-0.05, 0) is 51.6 Å². The van der Waals surface area contributed by atoms with E-state index < -0.39 is 0 Å². The Morgan fingerprint density at radius 2 is 2.06 bits per heavy atom. The highest BCUT2D eigenvalue weighted by Crippen LogP contribution is 2.59. The first-order chi connectivity index (χ1) is 8.55. The molecule has 2 heterocycles. The van der Waals surface area contributed by atoms with Gasteiger partial charge in [-0.2, -0.15) is 0 Å². The molecule has 0 radical (unpaired) electrons. The average Bonchev–Trinajstić information content (AvgIpc) is 3.02. The maximum atomic E-state index is 12.7. The van der Waals surface area contributed by atoms with Gasteiger partial charge in [-0.15, -0.1) is 0 Å². The molecule has 4 nitrogen and oxygen atoms in total. The third kappa shape index (κ3) is 1.95. The number of ether oxygens (including phenoxy) is 1. The second-order valence-electron chi connectivity index (χ2n) is 6.72. The van der Waals surface area contributed by atoms with E-state index in [0.717, 1.165) is 26.1 Å². The van der Waals surface area contributed by atoms with Crippen LogP contribution >= 0.6 is 0 Å². The number of morpholine rings is 1. The maximum Gasteiger partial charge on any atom is 0.226 e. The zero-order valence-electron chi connectivity index (χ0n) is 11.5. The van der Waals surface area contributed by atoms with E-state index in [1.54, 1.807) is 0 Å². The van der Waals surface area contributed by atoms with Gasteiger partial charge in [0.2, 0.25) is 5.91 Å². The molecule has 3 fully saturated rings. The van der Waals surface area contributed by atoms with Gasteiger partial charge in [-0.3, -0.25) is 4.79 Å². The van der Waals surface area contributed by atoms with Gasteiger partial charge in [-0.25, -0.2) is 0 Å². The smallest absolute Gasteiger partial charge is 0.226 e. The van der Waals surface area contributed by atoms with Crippen molar-refractivity contribution in [3.8, 4) is 0 Å². The van der Waals surface area contributed by atoms with E-state index in [1.165, 1.54) is 12.8 Å². The molecule has 1 saturated carbocycles. The van der Waals surface area contributed by atoms with Gasteiger partial charge in [0.1, 0.15) is 0 Å². The van der Waals surface area contributed by atoms with Crippen molar-refractivity contribution in [1.82, 2.24) is 10.2 Å². The number of amides is 1. The van der Waals surface area contributed by atoms with Crippen LogP contribution in [0.1, 0.15) is 33.1 Å².